The van der Waals surface area contributed by atoms with Gasteiger partial charge in [0.1, 0.15) is 0 Å². The number of nitrogens with zero attached hydrogens (tertiary/aromatic N) is 2. The van der Waals surface area contributed by atoms with Crippen LogP contribution in [-0.4, -0.2) is 23.9 Å². The maximum Gasteiger partial charge on any atom is 0.250 e. The van der Waals surface area contributed by atoms with Crippen molar-refractivity contribution in [3.05, 3.63) is 11.8 Å². The van der Waals surface area contributed by atoms with E-state index >= 15 is 0 Å². The lowest BCUT2D eigenvalue weighted by molar-refractivity contribution is 0.592. The molecule has 17 heavy (non-hydrogen) atoms. The topological polar surface area (TPSA) is 98.6 Å². The van der Waals surface area contributed by atoms with Crippen LogP contribution >= 0.6 is 0 Å². The Bertz CT molecular complexity index is 501. The summed E-state index contributed by atoms with van der Waals surface area (Å²) in [6, 6.07) is 3.40. The Kier molecular flexibility index (Phi) is 4.52. The Morgan fingerprint density at radius 3 is 2.82 bits per heavy atom. The summed E-state index contributed by atoms with van der Waals surface area (Å²) in [7, 11) is -3.67. The summed E-state index contributed by atoms with van der Waals surface area (Å²) in [5.41, 5.74) is 0.871. The molecule has 0 aliphatic heterocycles. The van der Waals surface area contributed by atoms with Crippen LogP contribution in [0.3, 0.4) is 0 Å². The number of H-pyrrole nitrogens is 1. The fourth-order valence-electron chi connectivity index (χ4n) is 1.41. The number of aromatic amines is 1. The second kappa shape index (κ2) is 5.68. The van der Waals surface area contributed by atoms with Crippen LogP contribution in [-0.2, 0) is 16.4 Å². The maximum absolute atomic E-state index is 11.7. The Balaban J connectivity index is 2.80. The Morgan fingerprint density at radius 2 is 2.29 bits per heavy atom. The summed E-state index contributed by atoms with van der Waals surface area (Å²) in [6.07, 6.45) is 2.01. The smallest absolute Gasteiger partial charge is 0.250 e. The highest BCUT2D eigenvalue weighted by atomic mass is 32.2. The predicted molar refractivity (Wildman–Crippen MR) is 64.8 cm³/mol. The van der Waals surface area contributed by atoms with E-state index < -0.39 is 15.3 Å². The van der Waals surface area contributed by atoms with Crippen LogP contribution in [0.4, 0.5) is 5.82 Å². The van der Waals surface area contributed by atoms with E-state index in [9.17, 15) is 8.42 Å². The number of nitrogens with one attached hydrogen (secondary N) is 2. The molecule has 1 atom stereocenters. The highest BCUT2D eigenvalue weighted by molar-refractivity contribution is 7.93. The molecule has 2 N–H and O–H groups in total. The van der Waals surface area contributed by atoms with Gasteiger partial charge in [0.2, 0.25) is 10.0 Å². The van der Waals surface area contributed by atoms with Gasteiger partial charge in [0.15, 0.2) is 11.1 Å². The molecule has 1 aromatic heterocycles. The van der Waals surface area contributed by atoms with Gasteiger partial charge in [0.25, 0.3) is 0 Å². The molecule has 0 saturated heterocycles. The molecule has 0 amide bonds. The number of sulfonamides is 1. The molecule has 1 heterocycles. The molecule has 1 unspecified atom stereocenters. The Labute approximate surface area is 101 Å². The normalized spacial score (nSPS) is 13.0. The fraction of sp³-hybridized carbons (Fsp3) is 0.600. The van der Waals surface area contributed by atoms with Gasteiger partial charge in [-0.25, -0.2) is 8.42 Å². The van der Waals surface area contributed by atoms with E-state index in [1.54, 1.807) is 19.1 Å². The second-order valence-corrected chi connectivity index (χ2v) is 5.56. The van der Waals surface area contributed by atoms with Gasteiger partial charge in [-0.1, -0.05) is 20.3 Å². The monoisotopic (exact) mass is 256 g/mol. The van der Waals surface area contributed by atoms with Crippen molar-refractivity contribution in [3.63, 3.8) is 0 Å². The van der Waals surface area contributed by atoms with E-state index in [-0.39, 0.29) is 12.2 Å². The lowest BCUT2D eigenvalue weighted by Gasteiger charge is -2.08. The first-order valence-corrected chi connectivity index (χ1v) is 7.03. The van der Waals surface area contributed by atoms with Crippen molar-refractivity contribution in [1.29, 1.82) is 5.26 Å². The minimum absolute atomic E-state index is 0.238. The molecule has 94 valence electrons. The minimum Gasteiger partial charge on any atom is -0.280 e. The van der Waals surface area contributed by atoms with Crippen molar-refractivity contribution in [1.82, 2.24) is 10.2 Å². The molecule has 6 nitrogen and oxygen atoms in total. The second-order valence-electron chi connectivity index (χ2n) is 3.70. The van der Waals surface area contributed by atoms with E-state index in [0.29, 0.717) is 0 Å². The molecule has 0 aromatic carbocycles. The van der Waals surface area contributed by atoms with E-state index in [4.69, 9.17) is 5.26 Å². The van der Waals surface area contributed by atoms with E-state index in [2.05, 4.69) is 14.9 Å². The number of aryl methyl sites for hydroxylation is 1. The first-order chi connectivity index (χ1) is 8.03. The molecule has 0 radical (unpaired) electrons. The lowest BCUT2D eigenvalue weighted by atomic mass is 10.2. The number of aromatic nitrogens is 2. The highest BCUT2D eigenvalue weighted by Crippen LogP contribution is 2.13. The molecular formula is C10H16N4O2S. The van der Waals surface area contributed by atoms with Crippen molar-refractivity contribution in [2.45, 2.75) is 38.4 Å². The third-order valence-electron chi connectivity index (χ3n) is 2.29. The minimum atomic E-state index is -3.67. The third kappa shape index (κ3) is 3.46. The first kappa shape index (κ1) is 13.5. The molecule has 0 fully saturated rings. The molecule has 1 aromatic rings. The van der Waals surface area contributed by atoms with Crippen molar-refractivity contribution >= 4 is 15.8 Å². The quantitative estimate of drug-likeness (QED) is 0.803. The molecular weight excluding hydrogens is 240 g/mol. The third-order valence-corrected chi connectivity index (χ3v) is 3.97. The van der Waals surface area contributed by atoms with Gasteiger partial charge in [-0.2, -0.15) is 10.4 Å². The van der Waals surface area contributed by atoms with E-state index in [1.165, 1.54) is 0 Å². The van der Waals surface area contributed by atoms with Crippen molar-refractivity contribution in [2.75, 3.05) is 4.72 Å². The molecule has 0 bridgehead atoms. The summed E-state index contributed by atoms with van der Waals surface area (Å²) >= 11 is 0. The summed E-state index contributed by atoms with van der Waals surface area (Å²) in [5.74, 6) is 0.238. The van der Waals surface area contributed by atoms with Gasteiger partial charge in [0.05, 0.1) is 6.07 Å². The molecule has 0 aliphatic carbocycles. The van der Waals surface area contributed by atoms with Crippen molar-refractivity contribution in [3.8, 4) is 6.07 Å². The summed E-state index contributed by atoms with van der Waals surface area (Å²) in [5, 5.41) is 14.3. The number of hydrogen-bond acceptors (Lipinski definition) is 4. The molecule has 0 saturated carbocycles. The maximum atomic E-state index is 11.7. The SMILES string of the molecule is CCCc1cc(NS(=O)(=O)C(C#N)CC)n[nH]1. The number of nitriles is 1. The highest BCUT2D eigenvalue weighted by Gasteiger charge is 2.24. The standard InChI is InChI=1S/C10H16N4O2S/c1-3-5-8-6-10(13-12-8)14-17(15,16)9(4-2)7-11/h6,9H,3-5H2,1-2H3,(H2,12,13,14). The van der Waals surface area contributed by atoms with Crippen LogP contribution in [0.2, 0.25) is 0 Å². The molecule has 0 spiro atoms. The largest absolute Gasteiger partial charge is 0.280 e. The van der Waals surface area contributed by atoms with Crippen molar-refractivity contribution in [2.24, 2.45) is 0 Å². The number of rotatable bonds is 6. The average molecular weight is 256 g/mol. The van der Waals surface area contributed by atoms with Gasteiger partial charge < -0.3 is 0 Å². The van der Waals surface area contributed by atoms with Gasteiger partial charge in [-0.3, -0.25) is 9.82 Å². The van der Waals surface area contributed by atoms with Gasteiger partial charge in [-0.05, 0) is 12.8 Å². The van der Waals surface area contributed by atoms with Crippen LogP contribution < -0.4 is 4.72 Å². The summed E-state index contributed by atoms with van der Waals surface area (Å²) < 4.78 is 25.8. The molecule has 7 heteroatoms. The van der Waals surface area contributed by atoms with Crippen molar-refractivity contribution < 1.29 is 8.42 Å². The zero-order valence-corrected chi connectivity index (χ0v) is 10.7. The van der Waals surface area contributed by atoms with E-state index in [0.717, 1.165) is 18.5 Å². The summed E-state index contributed by atoms with van der Waals surface area (Å²) in [4.78, 5) is 0. The molecule has 0 aliphatic rings. The van der Waals surface area contributed by atoms with Crippen LogP contribution in [0.5, 0.6) is 0 Å². The fourth-order valence-corrected chi connectivity index (χ4v) is 2.52. The van der Waals surface area contributed by atoms with Crippen LogP contribution in [0.15, 0.2) is 6.07 Å². The zero-order valence-electron chi connectivity index (χ0n) is 9.90. The van der Waals surface area contributed by atoms with Crippen LogP contribution in [0.1, 0.15) is 32.4 Å². The zero-order chi connectivity index (χ0) is 12.9. The van der Waals surface area contributed by atoms with Gasteiger partial charge >= 0.3 is 0 Å². The number of hydrogen-bond donors (Lipinski definition) is 2. The van der Waals surface area contributed by atoms with Gasteiger partial charge in [-0.15, -0.1) is 0 Å². The van der Waals surface area contributed by atoms with Crippen LogP contribution in [0, 0.1) is 11.3 Å². The molecule has 1 rings (SSSR count). The Hall–Kier alpha value is -1.55. The van der Waals surface area contributed by atoms with Crippen LogP contribution in [0.25, 0.3) is 0 Å². The van der Waals surface area contributed by atoms with Gasteiger partial charge in [0, 0.05) is 11.8 Å². The number of anilines is 1. The first-order valence-electron chi connectivity index (χ1n) is 5.49. The predicted octanol–water partition coefficient (Wildman–Crippen LogP) is 1.41. The lowest BCUT2D eigenvalue weighted by Crippen LogP contribution is -2.26. The van der Waals surface area contributed by atoms with E-state index in [1.807, 2.05) is 6.92 Å². The Morgan fingerprint density at radius 1 is 1.59 bits per heavy atom. The summed E-state index contributed by atoms with van der Waals surface area (Å²) in [6.45, 7) is 3.67. The average Bonchev–Trinajstić information content (AvgIpc) is 2.66.